The van der Waals surface area contributed by atoms with Gasteiger partial charge < -0.3 is 15.0 Å². The molecule has 0 heterocycles. The fourth-order valence-corrected chi connectivity index (χ4v) is 4.39. The molecule has 1 atom stereocenters. The van der Waals surface area contributed by atoms with Crippen LogP contribution in [0.2, 0.25) is 0 Å². The molecule has 4 nitrogen and oxygen atoms in total. The first-order valence-corrected chi connectivity index (χ1v) is 11.2. The summed E-state index contributed by atoms with van der Waals surface area (Å²) in [6.07, 6.45) is 5.27. The van der Waals surface area contributed by atoms with E-state index < -0.39 is 0 Å². The van der Waals surface area contributed by atoms with Crippen LogP contribution in [0, 0.1) is 0 Å². The number of nitrogens with one attached hydrogen (secondary N) is 1. The standard InChI is InChI=1S/C28H30N2O2/c1-21(19-22-9-4-3-5-10-22)20-30(27-14-8-12-23-11-6-7-13-26(23)27)28(31)29-24-15-17-25(32-2)18-16-24/h3-7,9-11,13,15-19,27H,8,12,14,20H2,1-2H3,(H,29,31)/b21-19+. The summed E-state index contributed by atoms with van der Waals surface area (Å²) in [5, 5.41) is 3.09. The van der Waals surface area contributed by atoms with Crippen LogP contribution in [-0.4, -0.2) is 24.6 Å². The van der Waals surface area contributed by atoms with E-state index in [2.05, 4.69) is 54.7 Å². The molecule has 0 bridgehead atoms. The van der Waals surface area contributed by atoms with Crippen molar-refractivity contribution in [3.63, 3.8) is 0 Å². The van der Waals surface area contributed by atoms with Crippen LogP contribution in [-0.2, 0) is 6.42 Å². The first kappa shape index (κ1) is 21.7. The number of anilines is 1. The molecule has 1 aliphatic carbocycles. The summed E-state index contributed by atoms with van der Waals surface area (Å²) in [4.78, 5) is 15.5. The Morgan fingerprint density at radius 2 is 1.75 bits per heavy atom. The summed E-state index contributed by atoms with van der Waals surface area (Å²) < 4.78 is 5.23. The number of carbonyl (C=O) groups excluding carboxylic acids is 1. The Balaban J connectivity index is 1.61. The number of methoxy groups -OCH3 is 1. The summed E-state index contributed by atoms with van der Waals surface area (Å²) in [7, 11) is 1.64. The quantitative estimate of drug-likeness (QED) is 0.476. The molecular weight excluding hydrogens is 396 g/mol. The minimum atomic E-state index is -0.0855. The molecule has 1 aliphatic rings. The molecule has 0 spiro atoms. The zero-order valence-corrected chi connectivity index (χ0v) is 18.8. The molecule has 0 aliphatic heterocycles. The van der Waals surface area contributed by atoms with Crippen LogP contribution in [0.25, 0.3) is 6.08 Å². The van der Waals surface area contributed by atoms with Gasteiger partial charge in [-0.05, 0) is 67.1 Å². The average Bonchev–Trinajstić information content (AvgIpc) is 2.83. The lowest BCUT2D eigenvalue weighted by atomic mass is 9.86. The topological polar surface area (TPSA) is 41.6 Å². The Labute approximate surface area is 190 Å². The number of fused-ring (bicyclic) bond motifs is 1. The van der Waals surface area contributed by atoms with E-state index in [1.807, 2.05) is 47.4 Å². The number of aryl methyl sites for hydroxylation is 1. The predicted octanol–water partition coefficient (Wildman–Crippen LogP) is 6.71. The molecule has 32 heavy (non-hydrogen) atoms. The highest BCUT2D eigenvalue weighted by atomic mass is 16.5. The van der Waals surface area contributed by atoms with Gasteiger partial charge in [-0.2, -0.15) is 0 Å². The van der Waals surface area contributed by atoms with Gasteiger partial charge in [-0.1, -0.05) is 66.2 Å². The highest BCUT2D eigenvalue weighted by Gasteiger charge is 2.29. The minimum Gasteiger partial charge on any atom is -0.497 e. The van der Waals surface area contributed by atoms with Crippen molar-refractivity contribution in [1.29, 1.82) is 0 Å². The molecule has 1 N–H and O–H groups in total. The zero-order valence-electron chi connectivity index (χ0n) is 18.8. The van der Waals surface area contributed by atoms with E-state index in [9.17, 15) is 4.79 Å². The third-order valence-electron chi connectivity index (χ3n) is 5.95. The smallest absolute Gasteiger partial charge is 0.322 e. The van der Waals surface area contributed by atoms with Crippen molar-refractivity contribution in [2.45, 2.75) is 32.2 Å². The molecule has 0 aromatic heterocycles. The summed E-state index contributed by atoms with van der Waals surface area (Å²) in [5.74, 6) is 0.766. The lowest BCUT2D eigenvalue weighted by molar-refractivity contribution is 0.186. The number of ether oxygens (including phenoxy) is 1. The van der Waals surface area contributed by atoms with Crippen molar-refractivity contribution in [2.75, 3.05) is 19.0 Å². The summed E-state index contributed by atoms with van der Waals surface area (Å²) in [6.45, 7) is 2.66. The van der Waals surface area contributed by atoms with E-state index in [-0.39, 0.29) is 12.1 Å². The Bertz CT molecular complexity index is 1070. The average molecular weight is 427 g/mol. The number of rotatable bonds is 6. The maximum Gasteiger partial charge on any atom is 0.322 e. The lowest BCUT2D eigenvalue weighted by Gasteiger charge is -2.36. The van der Waals surface area contributed by atoms with Crippen molar-refractivity contribution in [3.8, 4) is 5.75 Å². The number of amides is 2. The van der Waals surface area contributed by atoms with E-state index in [1.54, 1.807) is 7.11 Å². The van der Waals surface area contributed by atoms with Crippen LogP contribution in [0.5, 0.6) is 5.75 Å². The van der Waals surface area contributed by atoms with Crippen molar-refractivity contribution < 1.29 is 9.53 Å². The normalized spacial score (nSPS) is 15.6. The Kier molecular flexibility index (Phi) is 6.90. The number of hydrogen-bond acceptors (Lipinski definition) is 2. The van der Waals surface area contributed by atoms with Crippen LogP contribution in [0.4, 0.5) is 10.5 Å². The zero-order chi connectivity index (χ0) is 22.3. The van der Waals surface area contributed by atoms with Gasteiger partial charge in [0, 0.05) is 12.2 Å². The van der Waals surface area contributed by atoms with Crippen molar-refractivity contribution >= 4 is 17.8 Å². The molecule has 0 saturated carbocycles. The van der Waals surface area contributed by atoms with Crippen molar-refractivity contribution in [1.82, 2.24) is 4.90 Å². The summed E-state index contributed by atoms with van der Waals surface area (Å²) in [5.41, 5.74) is 5.65. The Morgan fingerprint density at radius 3 is 2.50 bits per heavy atom. The molecule has 4 rings (SSSR count). The second-order valence-electron chi connectivity index (χ2n) is 8.29. The van der Waals surface area contributed by atoms with Gasteiger partial charge in [0.25, 0.3) is 0 Å². The number of benzene rings is 3. The summed E-state index contributed by atoms with van der Waals surface area (Å²) >= 11 is 0. The summed E-state index contributed by atoms with van der Waals surface area (Å²) in [6, 6.07) is 26.2. The molecule has 3 aromatic rings. The minimum absolute atomic E-state index is 0.0531. The van der Waals surface area contributed by atoms with E-state index in [0.717, 1.165) is 41.8 Å². The van der Waals surface area contributed by atoms with Crippen LogP contribution in [0.1, 0.15) is 42.5 Å². The molecule has 3 aromatic carbocycles. The van der Waals surface area contributed by atoms with E-state index in [4.69, 9.17) is 4.74 Å². The second-order valence-corrected chi connectivity index (χ2v) is 8.29. The first-order chi connectivity index (χ1) is 15.6. The molecule has 4 heteroatoms. The van der Waals surface area contributed by atoms with Gasteiger partial charge in [0.2, 0.25) is 0 Å². The van der Waals surface area contributed by atoms with Crippen LogP contribution < -0.4 is 10.1 Å². The monoisotopic (exact) mass is 426 g/mol. The second kappa shape index (κ2) is 10.2. The molecule has 2 amide bonds. The first-order valence-electron chi connectivity index (χ1n) is 11.2. The van der Waals surface area contributed by atoms with Crippen LogP contribution >= 0.6 is 0 Å². The van der Waals surface area contributed by atoms with Crippen LogP contribution in [0.3, 0.4) is 0 Å². The van der Waals surface area contributed by atoms with Crippen molar-refractivity contribution in [3.05, 3.63) is 101 Å². The third kappa shape index (κ3) is 5.20. The van der Waals surface area contributed by atoms with Crippen molar-refractivity contribution in [2.24, 2.45) is 0 Å². The molecular formula is C28H30N2O2. The molecule has 0 saturated heterocycles. The Hall–Kier alpha value is -3.53. The van der Waals surface area contributed by atoms with E-state index in [0.29, 0.717) is 6.54 Å². The van der Waals surface area contributed by atoms with Gasteiger partial charge in [0.1, 0.15) is 5.75 Å². The Morgan fingerprint density at radius 1 is 1.03 bits per heavy atom. The number of hydrogen-bond donors (Lipinski definition) is 1. The largest absolute Gasteiger partial charge is 0.497 e. The fourth-order valence-electron chi connectivity index (χ4n) is 4.39. The van der Waals surface area contributed by atoms with Gasteiger partial charge in [-0.25, -0.2) is 4.79 Å². The molecule has 164 valence electrons. The SMILES string of the molecule is COc1ccc(NC(=O)N(C/C(C)=C/c2ccccc2)C2CCCc3ccccc32)cc1. The van der Waals surface area contributed by atoms with Gasteiger partial charge in [-0.3, -0.25) is 0 Å². The van der Waals surface area contributed by atoms with Gasteiger partial charge in [0.05, 0.1) is 13.2 Å². The maximum atomic E-state index is 13.5. The third-order valence-corrected chi connectivity index (χ3v) is 5.95. The number of carbonyl (C=O) groups is 1. The maximum absolute atomic E-state index is 13.5. The molecule has 0 radical (unpaired) electrons. The van der Waals surface area contributed by atoms with Gasteiger partial charge in [-0.15, -0.1) is 0 Å². The predicted molar refractivity (Wildman–Crippen MR) is 131 cm³/mol. The molecule has 0 fully saturated rings. The van der Waals surface area contributed by atoms with E-state index >= 15 is 0 Å². The van der Waals surface area contributed by atoms with Crippen LogP contribution in [0.15, 0.2) is 84.4 Å². The van der Waals surface area contributed by atoms with Gasteiger partial charge >= 0.3 is 6.03 Å². The highest BCUT2D eigenvalue weighted by molar-refractivity contribution is 5.90. The molecule has 1 unspecified atom stereocenters. The number of urea groups is 1. The lowest BCUT2D eigenvalue weighted by Crippen LogP contribution is -2.40. The number of nitrogens with zero attached hydrogens (tertiary/aromatic N) is 1. The van der Waals surface area contributed by atoms with E-state index in [1.165, 1.54) is 11.1 Å². The van der Waals surface area contributed by atoms with Gasteiger partial charge in [0.15, 0.2) is 0 Å². The highest BCUT2D eigenvalue weighted by Crippen LogP contribution is 2.35. The fraction of sp³-hybridized carbons (Fsp3) is 0.250.